The van der Waals surface area contributed by atoms with Crippen LogP contribution in [0.4, 0.5) is 0 Å². The highest BCUT2D eigenvalue weighted by Crippen LogP contribution is 2.34. The zero-order valence-electron chi connectivity index (χ0n) is 11.3. The lowest BCUT2D eigenvalue weighted by molar-refractivity contribution is 0.275. The van der Waals surface area contributed by atoms with Gasteiger partial charge in [-0.2, -0.15) is 4.98 Å². The second-order valence-electron chi connectivity index (χ2n) is 5.29. The molecule has 1 saturated carbocycles. The molecule has 3 rings (SSSR count). The molecular weight excluding hydrogens is 244 g/mol. The Kier molecular flexibility index (Phi) is 2.89. The van der Waals surface area contributed by atoms with Crippen LogP contribution in [0.2, 0.25) is 0 Å². The third-order valence-electron chi connectivity index (χ3n) is 3.71. The van der Waals surface area contributed by atoms with Crippen LogP contribution in [0.5, 0.6) is 0 Å². The van der Waals surface area contributed by atoms with E-state index in [4.69, 9.17) is 14.7 Å². The van der Waals surface area contributed by atoms with Crippen LogP contribution in [0.15, 0.2) is 8.94 Å². The van der Waals surface area contributed by atoms with Crippen molar-refractivity contribution < 1.29 is 8.94 Å². The van der Waals surface area contributed by atoms with E-state index in [9.17, 15) is 0 Å². The fourth-order valence-corrected chi connectivity index (χ4v) is 2.65. The van der Waals surface area contributed by atoms with Gasteiger partial charge in [0.05, 0.1) is 11.2 Å². The summed E-state index contributed by atoms with van der Waals surface area (Å²) in [4.78, 5) is 8.61. The predicted octanol–water partition coefficient (Wildman–Crippen LogP) is 2.46. The number of aromatic nitrogens is 3. The van der Waals surface area contributed by atoms with Crippen molar-refractivity contribution in [2.24, 2.45) is 5.73 Å². The summed E-state index contributed by atoms with van der Waals surface area (Å²) in [6.45, 7) is 3.65. The first-order valence-corrected chi connectivity index (χ1v) is 6.66. The summed E-state index contributed by atoms with van der Waals surface area (Å²) in [7, 11) is 0. The van der Waals surface area contributed by atoms with E-state index in [0.717, 1.165) is 31.4 Å². The molecule has 0 bridgehead atoms. The molecule has 1 aliphatic rings. The molecule has 2 aromatic heterocycles. The van der Waals surface area contributed by atoms with E-state index < -0.39 is 5.54 Å². The van der Waals surface area contributed by atoms with Gasteiger partial charge in [0.2, 0.25) is 5.76 Å². The topological polar surface area (TPSA) is 91.0 Å². The highest BCUT2D eigenvalue weighted by molar-refractivity contribution is 5.47. The minimum Gasteiger partial charge on any atom is -0.436 e. The summed E-state index contributed by atoms with van der Waals surface area (Å²) in [6, 6.07) is 0. The number of nitrogens with zero attached hydrogens (tertiary/aromatic N) is 3. The predicted molar refractivity (Wildman–Crippen MR) is 68.2 cm³/mol. The summed E-state index contributed by atoms with van der Waals surface area (Å²) in [5.41, 5.74) is 6.68. The van der Waals surface area contributed by atoms with Gasteiger partial charge in [0.15, 0.2) is 11.7 Å². The van der Waals surface area contributed by atoms with Gasteiger partial charge in [-0.15, -0.1) is 0 Å². The Hall–Kier alpha value is -1.69. The van der Waals surface area contributed by atoms with E-state index in [1.165, 1.54) is 6.42 Å². The van der Waals surface area contributed by atoms with Gasteiger partial charge in [0.1, 0.15) is 0 Å². The lowest BCUT2D eigenvalue weighted by Gasteiger charge is -2.29. The zero-order valence-corrected chi connectivity index (χ0v) is 11.3. The number of oxazole rings is 1. The van der Waals surface area contributed by atoms with Crippen LogP contribution in [0.25, 0.3) is 11.7 Å². The van der Waals surface area contributed by atoms with Crippen molar-refractivity contribution >= 4 is 0 Å². The van der Waals surface area contributed by atoms with Gasteiger partial charge >= 0.3 is 0 Å². The first-order valence-electron chi connectivity index (χ1n) is 6.66. The molecule has 0 aromatic carbocycles. The Morgan fingerprint density at radius 2 is 1.84 bits per heavy atom. The zero-order chi connectivity index (χ0) is 13.5. The molecule has 0 atom stereocenters. The van der Waals surface area contributed by atoms with Gasteiger partial charge in [0.25, 0.3) is 5.89 Å². The highest BCUT2D eigenvalue weighted by Gasteiger charge is 2.35. The van der Waals surface area contributed by atoms with Crippen molar-refractivity contribution in [3.05, 3.63) is 17.4 Å². The standard InChI is InChI=1S/C13H18N4O2/c1-8-10(18-9(2)15-8)11-16-12(17-19-11)13(14)6-4-3-5-7-13/h3-7,14H2,1-2H3. The summed E-state index contributed by atoms with van der Waals surface area (Å²) >= 11 is 0. The molecule has 0 aliphatic heterocycles. The van der Waals surface area contributed by atoms with E-state index >= 15 is 0 Å². The second kappa shape index (κ2) is 4.45. The first kappa shape index (κ1) is 12.3. The van der Waals surface area contributed by atoms with Crippen molar-refractivity contribution in [3.63, 3.8) is 0 Å². The van der Waals surface area contributed by atoms with Crippen molar-refractivity contribution in [2.75, 3.05) is 0 Å². The van der Waals surface area contributed by atoms with Gasteiger partial charge < -0.3 is 14.7 Å². The van der Waals surface area contributed by atoms with Crippen molar-refractivity contribution in [2.45, 2.75) is 51.5 Å². The number of hydrogen-bond acceptors (Lipinski definition) is 6. The molecule has 0 radical (unpaired) electrons. The summed E-state index contributed by atoms with van der Waals surface area (Å²) in [5, 5.41) is 4.04. The number of aryl methyl sites for hydroxylation is 2. The SMILES string of the molecule is Cc1nc(C)c(-c2nc(C3(N)CCCCC3)no2)o1. The van der Waals surface area contributed by atoms with E-state index in [2.05, 4.69) is 15.1 Å². The number of nitrogens with two attached hydrogens (primary N) is 1. The lowest BCUT2D eigenvalue weighted by Crippen LogP contribution is -2.39. The fraction of sp³-hybridized carbons (Fsp3) is 0.615. The van der Waals surface area contributed by atoms with Crippen LogP contribution in [-0.4, -0.2) is 15.1 Å². The number of rotatable bonds is 2. The van der Waals surface area contributed by atoms with E-state index in [0.29, 0.717) is 23.4 Å². The summed E-state index contributed by atoms with van der Waals surface area (Å²) in [6.07, 6.45) is 5.26. The van der Waals surface area contributed by atoms with Gasteiger partial charge in [-0.05, 0) is 19.8 Å². The smallest absolute Gasteiger partial charge is 0.295 e. The van der Waals surface area contributed by atoms with Crippen LogP contribution in [-0.2, 0) is 5.54 Å². The summed E-state index contributed by atoms with van der Waals surface area (Å²) in [5.74, 6) is 2.07. The van der Waals surface area contributed by atoms with Crippen molar-refractivity contribution in [3.8, 4) is 11.7 Å². The molecule has 19 heavy (non-hydrogen) atoms. The third kappa shape index (κ3) is 2.16. The van der Waals surface area contributed by atoms with Crippen LogP contribution in [0.3, 0.4) is 0 Å². The Morgan fingerprint density at radius 3 is 2.47 bits per heavy atom. The molecule has 0 spiro atoms. The molecule has 102 valence electrons. The quantitative estimate of drug-likeness (QED) is 0.893. The van der Waals surface area contributed by atoms with Gasteiger partial charge in [-0.1, -0.05) is 24.4 Å². The van der Waals surface area contributed by atoms with Crippen LogP contribution in [0, 0.1) is 13.8 Å². The third-order valence-corrected chi connectivity index (χ3v) is 3.71. The van der Waals surface area contributed by atoms with E-state index in [1.807, 2.05) is 6.92 Å². The van der Waals surface area contributed by atoms with Crippen molar-refractivity contribution in [1.29, 1.82) is 0 Å². The monoisotopic (exact) mass is 262 g/mol. The van der Waals surface area contributed by atoms with Crippen LogP contribution < -0.4 is 5.73 Å². The largest absolute Gasteiger partial charge is 0.436 e. The average Bonchev–Trinajstić information content (AvgIpc) is 2.97. The number of hydrogen-bond donors (Lipinski definition) is 1. The maximum absolute atomic E-state index is 6.38. The van der Waals surface area contributed by atoms with Crippen LogP contribution in [0.1, 0.15) is 49.5 Å². The minimum absolute atomic E-state index is 0.364. The minimum atomic E-state index is -0.455. The lowest BCUT2D eigenvalue weighted by atomic mass is 9.82. The van der Waals surface area contributed by atoms with Gasteiger partial charge in [-0.3, -0.25) is 0 Å². The molecule has 2 N–H and O–H groups in total. The van der Waals surface area contributed by atoms with E-state index in [-0.39, 0.29) is 0 Å². The Morgan fingerprint density at radius 1 is 1.11 bits per heavy atom. The normalized spacial score (nSPS) is 18.7. The molecule has 1 fully saturated rings. The van der Waals surface area contributed by atoms with Crippen LogP contribution >= 0.6 is 0 Å². The van der Waals surface area contributed by atoms with Gasteiger partial charge in [0, 0.05) is 6.92 Å². The molecule has 2 heterocycles. The molecule has 6 nitrogen and oxygen atoms in total. The van der Waals surface area contributed by atoms with E-state index in [1.54, 1.807) is 6.92 Å². The fourth-order valence-electron chi connectivity index (χ4n) is 2.65. The van der Waals surface area contributed by atoms with Gasteiger partial charge in [-0.25, -0.2) is 4.98 Å². The maximum Gasteiger partial charge on any atom is 0.295 e. The molecule has 6 heteroatoms. The molecule has 0 unspecified atom stereocenters. The molecule has 0 saturated heterocycles. The Balaban J connectivity index is 1.93. The summed E-state index contributed by atoms with van der Waals surface area (Å²) < 4.78 is 10.8. The second-order valence-corrected chi connectivity index (χ2v) is 5.29. The Labute approximate surface area is 111 Å². The Bertz CT molecular complexity index is 581. The van der Waals surface area contributed by atoms with Crippen molar-refractivity contribution in [1.82, 2.24) is 15.1 Å². The molecule has 0 amide bonds. The maximum atomic E-state index is 6.38. The molecular formula is C13H18N4O2. The molecule has 1 aliphatic carbocycles. The highest BCUT2D eigenvalue weighted by atomic mass is 16.5. The average molecular weight is 262 g/mol. The molecule has 2 aromatic rings. The first-order chi connectivity index (χ1) is 9.08.